The number of carbonyl (C=O) groups excluding carboxylic acids is 2. The van der Waals surface area contributed by atoms with Crippen molar-refractivity contribution in [3.8, 4) is 18.9 Å². The van der Waals surface area contributed by atoms with Crippen molar-refractivity contribution in [2.45, 2.75) is 84.2 Å². The van der Waals surface area contributed by atoms with Gasteiger partial charge < -0.3 is 10.2 Å². The molecule has 8 nitrogen and oxygen atoms in total. The minimum atomic E-state index is -0.660. The van der Waals surface area contributed by atoms with Crippen LogP contribution in [-0.4, -0.2) is 44.8 Å². The quantitative estimate of drug-likeness (QED) is 0.540. The summed E-state index contributed by atoms with van der Waals surface area (Å²) in [6.45, 7) is 15.2. The van der Waals surface area contributed by atoms with Gasteiger partial charge in [0.05, 0.1) is 17.3 Å². The molecule has 2 saturated carbocycles. The van der Waals surface area contributed by atoms with Crippen molar-refractivity contribution in [2.24, 2.45) is 33.8 Å². The van der Waals surface area contributed by atoms with Crippen LogP contribution in [0.2, 0.25) is 0 Å². The smallest absolute Gasteiger partial charge is 0.262 e. The van der Waals surface area contributed by atoms with Crippen molar-refractivity contribution in [3.63, 3.8) is 0 Å². The zero-order valence-electron chi connectivity index (χ0n) is 24.2. The molecule has 1 saturated heterocycles. The highest BCUT2D eigenvalue weighted by atomic mass is 16.4. The lowest BCUT2D eigenvalue weighted by Crippen LogP contribution is -2.64. The van der Waals surface area contributed by atoms with E-state index in [4.69, 9.17) is 10.2 Å². The van der Waals surface area contributed by atoms with E-state index in [-0.39, 0.29) is 63.5 Å². The molecule has 0 radical (unpaired) electrons. The lowest BCUT2D eigenvalue weighted by Gasteiger charge is -2.61. The molecule has 3 fully saturated rings. The van der Waals surface area contributed by atoms with E-state index in [1.807, 2.05) is 26.0 Å². The van der Waals surface area contributed by atoms with E-state index in [9.17, 15) is 14.9 Å². The highest BCUT2D eigenvalue weighted by Gasteiger charge is 2.66. The Kier molecular flexibility index (Phi) is 6.32. The molecule has 1 aromatic rings. The number of Topliss-reactive ketones (excluding diaryl/α,β-unsaturated/α-hetero) is 1. The fraction of sp³-hybridized carbons (Fsp3) is 0.594. The lowest BCUT2D eigenvalue weighted by atomic mass is 9.47. The monoisotopic (exact) mass is 541 g/mol. The maximum atomic E-state index is 14.0. The number of nitrogens with two attached hydrogens (primary N) is 1. The third kappa shape index (κ3) is 3.62. The first kappa shape index (κ1) is 28.1. The molecule has 6 rings (SSSR count). The van der Waals surface area contributed by atoms with Crippen LogP contribution in [0.25, 0.3) is 5.70 Å². The summed E-state index contributed by atoms with van der Waals surface area (Å²) in [5.41, 5.74) is 5.79. The van der Waals surface area contributed by atoms with Crippen LogP contribution >= 0.6 is 0 Å². The molecule has 7 atom stereocenters. The number of allylic oxidation sites excluding steroid dienone is 2. The van der Waals surface area contributed by atoms with Gasteiger partial charge in [-0.25, -0.2) is 0 Å². The van der Waals surface area contributed by atoms with Gasteiger partial charge in [-0.2, -0.15) is 5.26 Å². The van der Waals surface area contributed by atoms with Gasteiger partial charge in [0, 0.05) is 28.8 Å². The third-order valence-electron chi connectivity index (χ3n) is 11.1. The van der Waals surface area contributed by atoms with Crippen molar-refractivity contribution in [2.75, 3.05) is 6.54 Å². The number of terminal acetylenes is 1. The average molecular weight is 542 g/mol. The van der Waals surface area contributed by atoms with Gasteiger partial charge >= 0.3 is 0 Å². The zero-order chi connectivity index (χ0) is 29.4. The predicted molar refractivity (Wildman–Crippen MR) is 151 cm³/mol. The summed E-state index contributed by atoms with van der Waals surface area (Å²) in [6, 6.07) is 1.95. The summed E-state index contributed by atoms with van der Waals surface area (Å²) in [4.78, 5) is 29.7. The Bertz CT molecular complexity index is 1420. The second kappa shape index (κ2) is 9.01. The number of rotatable bonds is 2. The molecule has 0 aromatic carbocycles. The summed E-state index contributed by atoms with van der Waals surface area (Å²) in [7, 11) is 0. The summed E-state index contributed by atoms with van der Waals surface area (Å²) in [5.74, 6) is 1.18. The molecular formula is C32H39N5O3. The first-order chi connectivity index (χ1) is 18.8. The van der Waals surface area contributed by atoms with Crippen molar-refractivity contribution in [1.82, 2.24) is 15.1 Å². The standard InChI is InChI=1S/C30H37N5O3.C2H2/c1-16(32)25-33-34-26(38-25)17-7-9-28(4)15-35-23(19(28)11-17)20(36)12-22-29(5)13-18(14-31)24(37)27(2,3)21(29)8-10-30(22,35)6;1-2/h12-13,17,19,21,23H,1,7-11,15,32H2,2-6H3;1-2H. The Balaban J connectivity index is 0.00000158. The Morgan fingerprint density at radius 3 is 2.50 bits per heavy atom. The van der Waals surface area contributed by atoms with Gasteiger partial charge in [0.2, 0.25) is 5.89 Å². The topological polar surface area (TPSA) is 126 Å². The summed E-state index contributed by atoms with van der Waals surface area (Å²) < 4.78 is 5.84. The van der Waals surface area contributed by atoms with E-state index in [1.165, 1.54) is 0 Å². The highest BCUT2D eigenvalue weighted by Crippen LogP contribution is 2.65. The molecule has 2 aliphatic heterocycles. The Labute approximate surface area is 236 Å². The van der Waals surface area contributed by atoms with E-state index in [1.54, 1.807) is 0 Å². The second-order valence-electron chi connectivity index (χ2n) is 13.6. The lowest BCUT2D eigenvalue weighted by molar-refractivity contribution is -0.132. The summed E-state index contributed by atoms with van der Waals surface area (Å²) in [6.07, 6.45) is 16.2. The Hall–Kier alpha value is -3.49. The fourth-order valence-corrected chi connectivity index (χ4v) is 9.10. The van der Waals surface area contributed by atoms with E-state index in [2.05, 4.69) is 61.4 Å². The molecule has 8 heteroatoms. The van der Waals surface area contributed by atoms with E-state index in [0.717, 1.165) is 44.2 Å². The number of nitrogens with zero attached hydrogens (tertiary/aromatic N) is 4. The molecule has 3 aliphatic carbocycles. The van der Waals surface area contributed by atoms with Gasteiger partial charge in [0.25, 0.3) is 5.89 Å². The summed E-state index contributed by atoms with van der Waals surface area (Å²) >= 11 is 0. The Morgan fingerprint density at radius 2 is 1.88 bits per heavy atom. The molecule has 7 unspecified atom stereocenters. The minimum absolute atomic E-state index is 0.00332. The number of ketones is 2. The Morgan fingerprint density at radius 1 is 1.18 bits per heavy atom. The van der Waals surface area contributed by atoms with Gasteiger partial charge in [0.1, 0.15) is 6.07 Å². The van der Waals surface area contributed by atoms with Crippen molar-refractivity contribution < 1.29 is 14.0 Å². The first-order valence-corrected chi connectivity index (χ1v) is 14.1. The molecule has 40 heavy (non-hydrogen) atoms. The van der Waals surface area contributed by atoms with Gasteiger partial charge in [-0.3, -0.25) is 14.5 Å². The predicted octanol–water partition coefficient (Wildman–Crippen LogP) is 4.57. The molecule has 0 spiro atoms. The number of hydrogen-bond acceptors (Lipinski definition) is 8. The molecule has 3 heterocycles. The number of carbonyl (C=O) groups is 2. The minimum Gasteiger partial charge on any atom is -0.419 e. The molecular weight excluding hydrogens is 502 g/mol. The maximum absolute atomic E-state index is 14.0. The maximum Gasteiger partial charge on any atom is 0.262 e. The molecule has 1 aromatic heterocycles. The van der Waals surface area contributed by atoms with Gasteiger partial charge in [-0.1, -0.05) is 40.3 Å². The van der Waals surface area contributed by atoms with Crippen molar-refractivity contribution in [3.05, 3.63) is 41.7 Å². The average Bonchev–Trinajstić information content (AvgIpc) is 3.52. The van der Waals surface area contributed by atoms with Crippen LogP contribution in [0.4, 0.5) is 0 Å². The number of nitriles is 1. The van der Waals surface area contributed by atoms with Crippen molar-refractivity contribution >= 4 is 17.3 Å². The largest absolute Gasteiger partial charge is 0.419 e. The number of aromatic nitrogens is 2. The van der Waals surface area contributed by atoms with E-state index in [0.29, 0.717) is 5.89 Å². The van der Waals surface area contributed by atoms with Crippen LogP contribution in [0.15, 0.2) is 34.3 Å². The van der Waals surface area contributed by atoms with E-state index >= 15 is 0 Å². The van der Waals surface area contributed by atoms with Gasteiger partial charge in [-0.15, -0.1) is 23.0 Å². The van der Waals surface area contributed by atoms with Gasteiger partial charge in [0.15, 0.2) is 11.6 Å². The zero-order valence-corrected chi connectivity index (χ0v) is 24.2. The van der Waals surface area contributed by atoms with Crippen LogP contribution in [0.3, 0.4) is 0 Å². The van der Waals surface area contributed by atoms with Crippen LogP contribution in [0, 0.1) is 52.3 Å². The molecule has 0 amide bonds. The fourth-order valence-electron chi connectivity index (χ4n) is 9.10. The SMILES string of the molecule is C#C.C=C(N)c1nnc(C2CCC3(C)CN4C(C(=O)C=C5C6(C)C=C(C#N)C(=O)C(C)(C)C6CCC54C)C3C2)o1. The van der Waals surface area contributed by atoms with Crippen LogP contribution in [-0.2, 0) is 9.59 Å². The molecule has 2 N–H and O–H groups in total. The van der Waals surface area contributed by atoms with Crippen LogP contribution in [0.1, 0.15) is 84.4 Å². The van der Waals surface area contributed by atoms with E-state index < -0.39 is 10.8 Å². The highest BCUT2D eigenvalue weighted by molar-refractivity contribution is 6.04. The first-order valence-electron chi connectivity index (χ1n) is 14.1. The van der Waals surface area contributed by atoms with Crippen molar-refractivity contribution in [1.29, 1.82) is 5.26 Å². The normalized spacial score (nSPS) is 39.6. The molecule has 5 aliphatic rings. The van der Waals surface area contributed by atoms with Crippen LogP contribution in [0.5, 0.6) is 0 Å². The molecule has 210 valence electrons. The number of fused-ring (bicyclic) bond motifs is 7. The van der Waals surface area contributed by atoms with Gasteiger partial charge in [-0.05, 0) is 67.9 Å². The summed E-state index contributed by atoms with van der Waals surface area (Å²) in [5, 5.41) is 18.1. The molecule has 0 bridgehead atoms. The third-order valence-corrected chi connectivity index (χ3v) is 11.1. The van der Waals surface area contributed by atoms with Crippen LogP contribution < -0.4 is 5.73 Å². The number of hydrogen-bond donors (Lipinski definition) is 1. The second-order valence-corrected chi connectivity index (χ2v) is 13.6.